The molecule has 1 atom stereocenters. The monoisotopic (exact) mass is 345 g/mol. The summed E-state index contributed by atoms with van der Waals surface area (Å²) < 4.78 is 20.7. The van der Waals surface area contributed by atoms with Crippen LogP contribution in [0.5, 0.6) is 5.75 Å². The van der Waals surface area contributed by atoms with E-state index in [1.807, 2.05) is 17.3 Å². The molecule has 1 aromatic carbocycles. The topological polar surface area (TPSA) is 47.4 Å². The molecule has 5 nitrogen and oxygen atoms in total. The summed E-state index contributed by atoms with van der Waals surface area (Å²) in [5, 5.41) is 0. The molecular weight excluding hydrogens is 321 g/mol. The van der Waals surface area contributed by atoms with Crippen molar-refractivity contribution in [3.8, 4) is 5.75 Å². The van der Waals surface area contributed by atoms with Crippen molar-refractivity contribution in [1.29, 1.82) is 0 Å². The second-order valence-electron chi connectivity index (χ2n) is 6.73. The molecule has 2 aromatic rings. The number of carbonyl (C=O) groups is 1. The Morgan fingerprint density at radius 2 is 2.20 bits per heavy atom. The first-order valence-corrected chi connectivity index (χ1v) is 8.66. The Labute approximate surface area is 147 Å². The molecule has 0 spiro atoms. The average Bonchev–Trinajstić information content (AvgIpc) is 3.12. The maximum absolute atomic E-state index is 13.6. The number of imidazole rings is 1. The van der Waals surface area contributed by atoms with Gasteiger partial charge in [-0.15, -0.1) is 0 Å². The molecule has 2 heterocycles. The van der Waals surface area contributed by atoms with Gasteiger partial charge in [0, 0.05) is 43.0 Å². The van der Waals surface area contributed by atoms with Gasteiger partial charge in [0.1, 0.15) is 5.82 Å². The summed E-state index contributed by atoms with van der Waals surface area (Å²) in [6.07, 6.45) is 5.76. The van der Waals surface area contributed by atoms with Gasteiger partial charge < -0.3 is 14.2 Å². The molecule has 3 rings (SSSR count). The Morgan fingerprint density at radius 1 is 1.40 bits per heavy atom. The first-order valence-electron chi connectivity index (χ1n) is 8.66. The smallest absolute Gasteiger partial charge is 0.254 e. The van der Waals surface area contributed by atoms with Gasteiger partial charge in [-0.25, -0.2) is 9.37 Å². The Balaban J connectivity index is 1.79. The molecule has 1 aliphatic rings. The fourth-order valence-corrected chi connectivity index (χ4v) is 3.43. The number of halogens is 1. The first-order chi connectivity index (χ1) is 12.0. The van der Waals surface area contributed by atoms with Crippen LogP contribution in [0, 0.1) is 5.82 Å². The minimum atomic E-state index is -0.463. The van der Waals surface area contributed by atoms with Gasteiger partial charge in [0.25, 0.3) is 5.91 Å². The third kappa shape index (κ3) is 3.52. The van der Waals surface area contributed by atoms with Crippen LogP contribution in [-0.4, -0.2) is 40.6 Å². The zero-order chi connectivity index (χ0) is 18.0. The number of piperidine rings is 1. The molecule has 6 heteroatoms. The number of benzene rings is 1. The number of carbonyl (C=O) groups excluding carboxylic acids is 1. The van der Waals surface area contributed by atoms with Crippen LogP contribution in [-0.2, 0) is 0 Å². The van der Waals surface area contributed by atoms with E-state index in [1.54, 1.807) is 0 Å². The number of methoxy groups -OCH3 is 1. The lowest BCUT2D eigenvalue weighted by atomic mass is 9.96. The molecule has 0 bridgehead atoms. The molecule has 1 unspecified atom stereocenters. The minimum absolute atomic E-state index is 0.0920. The van der Waals surface area contributed by atoms with Crippen molar-refractivity contribution in [3.63, 3.8) is 0 Å². The third-order valence-corrected chi connectivity index (χ3v) is 4.73. The van der Waals surface area contributed by atoms with E-state index < -0.39 is 5.82 Å². The van der Waals surface area contributed by atoms with E-state index in [-0.39, 0.29) is 17.6 Å². The molecule has 1 saturated heterocycles. The van der Waals surface area contributed by atoms with Gasteiger partial charge in [0.05, 0.1) is 7.11 Å². The SMILES string of the molecule is COc1cc(C(=O)N2CCCC(c3nccn3C(C)C)C2)ccc1F. The number of hydrogen-bond donors (Lipinski definition) is 0. The second kappa shape index (κ2) is 7.25. The zero-order valence-corrected chi connectivity index (χ0v) is 14.9. The Morgan fingerprint density at radius 3 is 2.92 bits per heavy atom. The van der Waals surface area contributed by atoms with Crippen LogP contribution >= 0.6 is 0 Å². The summed E-state index contributed by atoms with van der Waals surface area (Å²) in [6.45, 7) is 5.59. The van der Waals surface area contributed by atoms with Crippen LogP contribution in [0.25, 0.3) is 0 Å². The quantitative estimate of drug-likeness (QED) is 0.850. The highest BCUT2D eigenvalue weighted by Gasteiger charge is 2.28. The number of amides is 1. The summed E-state index contributed by atoms with van der Waals surface area (Å²) in [5.41, 5.74) is 0.450. The summed E-state index contributed by atoms with van der Waals surface area (Å²) in [6, 6.07) is 4.60. The number of nitrogens with zero attached hydrogens (tertiary/aromatic N) is 3. The normalized spacial score (nSPS) is 17.8. The van der Waals surface area contributed by atoms with Gasteiger partial charge in [-0.3, -0.25) is 4.79 Å². The van der Waals surface area contributed by atoms with Gasteiger partial charge >= 0.3 is 0 Å². The molecule has 0 radical (unpaired) electrons. The van der Waals surface area contributed by atoms with E-state index in [9.17, 15) is 9.18 Å². The maximum atomic E-state index is 13.6. The molecule has 1 fully saturated rings. The lowest BCUT2D eigenvalue weighted by Gasteiger charge is -2.33. The maximum Gasteiger partial charge on any atom is 0.254 e. The predicted molar refractivity (Wildman–Crippen MR) is 93.4 cm³/mol. The minimum Gasteiger partial charge on any atom is -0.494 e. The van der Waals surface area contributed by atoms with Crippen molar-refractivity contribution in [2.24, 2.45) is 0 Å². The molecule has 1 amide bonds. The number of ether oxygens (including phenoxy) is 1. The van der Waals surface area contributed by atoms with Crippen molar-refractivity contribution in [2.45, 2.75) is 38.6 Å². The molecule has 1 aliphatic heterocycles. The fraction of sp³-hybridized carbons (Fsp3) is 0.474. The molecule has 1 aromatic heterocycles. The molecular formula is C19H24FN3O2. The van der Waals surface area contributed by atoms with Crippen LogP contribution in [0.15, 0.2) is 30.6 Å². The average molecular weight is 345 g/mol. The number of likely N-dealkylation sites (tertiary alicyclic amines) is 1. The number of hydrogen-bond acceptors (Lipinski definition) is 3. The summed E-state index contributed by atoms with van der Waals surface area (Å²) in [7, 11) is 1.40. The van der Waals surface area contributed by atoms with Gasteiger partial charge in [-0.05, 0) is 44.9 Å². The van der Waals surface area contributed by atoms with Crippen LogP contribution in [0.1, 0.15) is 54.8 Å². The van der Waals surface area contributed by atoms with E-state index in [1.165, 1.54) is 25.3 Å². The standard InChI is InChI=1S/C19H24FN3O2/c1-13(2)23-10-8-21-18(23)15-5-4-9-22(12-15)19(24)14-6-7-16(20)17(11-14)25-3/h6-8,10-11,13,15H,4-5,9,12H2,1-3H3. The van der Waals surface area contributed by atoms with E-state index in [0.717, 1.165) is 18.7 Å². The van der Waals surface area contributed by atoms with Crippen molar-refractivity contribution in [3.05, 3.63) is 47.8 Å². The van der Waals surface area contributed by atoms with E-state index in [0.29, 0.717) is 24.7 Å². The molecule has 134 valence electrons. The van der Waals surface area contributed by atoms with Crippen LogP contribution < -0.4 is 4.74 Å². The van der Waals surface area contributed by atoms with Crippen molar-refractivity contribution < 1.29 is 13.9 Å². The number of aromatic nitrogens is 2. The van der Waals surface area contributed by atoms with Crippen LogP contribution in [0.3, 0.4) is 0 Å². The van der Waals surface area contributed by atoms with Gasteiger partial charge in [0.2, 0.25) is 0 Å². The van der Waals surface area contributed by atoms with Crippen LogP contribution in [0.4, 0.5) is 4.39 Å². The fourth-order valence-electron chi connectivity index (χ4n) is 3.43. The van der Waals surface area contributed by atoms with Gasteiger partial charge in [-0.1, -0.05) is 0 Å². The Bertz CT molecular complexity index is 757. The van der Waals surface area contributed by atoms with E-state index >= 15 is 0 Å². The van der Waals surface area contributed by atoms with E-state index in [2.05, 4.69) is 23.4 Å². The second-order valence-corrected chi connectivity index (χ2v) is 6.73. The summed E-state index contributed by atoms with van der Waals surface area (Å²) >= 11 is 0. The van der Waals surface area contributed by atoms with Crippen molar-refractivity contribution in [2.75, 3.05) is 20.2 Å². The molecule has 0 saturated carbocycles. The van der Waals surface area contributed by atoms with Crippen molar-refractivity contribution in [1.82, 2.24) is 14.5 Å². The lowest BCUT2D eigenvalue weighted by molar-refractivity contribution is 0.0702. The highest BCUT2D eigenvalue weighted by Crippen LogP contribution is 2.29. The highest BCUT2D eigenvalue weighted by atomic mass is 19.1. The Hall–Kier alpha value is -2.37. The summed E-state index contributed by atoms with van der Waals surface area (Å²) in [5.74, 6) is 0.788. The highest BCUT2D eigenvalue weighted by molar-refractivity contribution is 5.94. The Kier molecular flexibility index (Phi) is 5.06. The number of rotatable bonds is 4. The first kappa shape index (κ1) is 17.5. The van der Waals surface area contributed by atoms with Gasteiger partial charge in [0.15, 0.2) is 11.6 Å². The largest absolute Gasteiger partial charge is 0.494 e. The molecule has 25 heavy (non-hydrogen) atoms. The summed E-state index contributed by atoms with van der Waals surface area (Å²) in [4.78, 5) is 19.2. The predicted octanol–water partition coefficient (Wildman–Crippen LogP) is 3.63. The zero-order valence-electron chi connectivity index (χ0n) is 14.9. The molecule has 0 N–H and O–H groups in total. The lowest BCUT2D eigenvalue weighted by Crippen LogP contribution is -2.39. The van der Waals surface area contributed by atoms with Gasteiger partial charge in [-0.2, -0.15) is 0 Å². The van der Waals surface area contributed by atoms with E-state index in [4.69, 9.17) is 4.74 Å². The molecule has 0 aliphatic carbocycles. The van der Waals surface area contributed by atoms with Crippen molar-refractivity contribution >= 4 is 5.91 Å². The third-order valence-electron chi connectivity index (χ3n) is 4.73. The van der Waals surface area contributed by atoms with Crippen LogP contribution in [0.2, 0.25) is 0 Å².